The number of hydrogen-bond donors (Lipinski definition) is 3. The second-order valence-electron chi connectivity index (χ2n) is 24.6. The average Bonchev–Trinajstić information content (AvgIpc) is 3.45. The van der Waals surface area contributed by atoms with Gasteiger partial charge in [0.1, 0.15) is 0 Å². The lowest BCUT2D eigenvalue weighted by atomic mass is 10.0. The van der Waals surface area contributed by atoms with E-state index in [-0.39, 0.29) is 18.5 Å². The summed E-state index contributed by atoms with van der Waals surface area (Å²) in [4.78, 5) is 24.5. The number of ether oxygens (including phenoxy) is 1. The molecule has 6 nitrogen and oxygen atoms in total. The normalized spacial score (nSPS) is 12.7. The average molecular weight is 1110 g/mol. The number of rotatable bonds is 67. The van der Waals surface area contributed by atoms with E-state index in [4.69, 9.17) is 4.74 Å². The molecule has 466 valence electrons. The number of nitrogens with one attached hydrogen (secondary N) is 1. The Morgan fingerprint density at radius 1 is 0.342 bits per heavy atom. The molecule has 0 radical (unpaired) electrons. The van der Waals surface area contributed by atoms with Crippen LogP contribution >= 0.6 is 0 Å². The molecule has 0 aliphatic heterocycles. The molecule has 0 saturated heterocycles. The summed E-state index contributed by atoms with van der Waals surface area (Å²) in [7, 11) is 0. The van der Waals surface area contributed by atoms with Crippen LogP contribution in [0.5, 0.6) is 0 Å². The SMILES string of the molecule is CCCCCC/C=C\CCCCCCCC(=O)OCCCCCCCCCCCCCCCCCC/C=C\CCCCCCCCCCCCCCCCCCCC(=O)NC(CO)C(O)/C=C/CCCCCCCCCCCC. The molecule has 0 saturated carbocycles. The van der Waals surface area contributed by atoms with E-state index >= 15 is 0 Å². The molecule has 0 fully saturated rings. The topological polar surface area (TPSA) is 95.9 Å². The van der Waals surface area contributed by atoms with Crippen molar-refractivity contribution in [2.24, 2.45) is 0 Å². The zero-order valence-electron chi connectivity index (χ0n) is 53.4. The van der Waals surface area contributed by atoms with Crippen LogP contribution in [0.4, 0.5) is 0 Å². The predicted molar refractivity (Wildman–Crippen MR) is 347 cm³/mol. The van der Waals surface area contributed by atoms with E-state index in [0.29, 0.717) is 19.4 Å². The molecule has 0 aliphatic carbocycles. The number of allylic oxidation sites excluding steroid dienone is 5. The molecule has 2 atom stereocenters. The Bertz CT molecular complexity index is 1280. The Morgan fingerprint density at radius 2 is 0.595 bits per heavy atom. The number of amides is 1. The van der Waals surface area contributed by atoms with Gasteiger partial charge in [0, 0.05) is 12.8 Å². The lowest BCUT2D eigenvalue weighted by molar-refractivity contribution is -0.143. The first-order valence-electron chi connectivity index (χ1n) is 35.8. The van der Waals surface area contributed by atoms with E-state index in [9.17, 15) is 19.8 Å². The third-order valence-corrected chi connectivity index (χ3v) is 16.6. The Kier molecular flexibility index (Phi) is 66.9. The Labute approximate surface area is 494 Å². The highest BCUT2D eigenvalue weighted by molar-refractivity contribution is 5.76. The van der Waals surface area contributed by atoms with Crippen molar-refractivity contribution < 1.29 is 24.5 Å². The van der Waals surface area contributed by atoms with Gasteiger partial charge in [0.05, 0.1) is 25.4 Å². The molecular weight excluding hydrogens is 971 g/mol. The largest absolute Gasteiger partial charge is 0.466 e. The molecule has 0 spiro atoms. The molecular formula is C73H139NO5. The maximum atomic E-state index is 12.5. The van der Waals surface area contributed by atoms with E-state index in [1.54, 1.807) is 6.08 Å². The van der Waals surface area contributed by atoms with Crippen LogP contribution in [0, 0.1) is 0 Å². The lowest BCUT2D eigenvalue weighted by Gasteiger charge is -2.20. The number of aliphatic hydroxyl groups is 2. The molecule has 0 bridgehead atoms. The fraction of sp³-hybridized carbons (Fsp3) is 0.890. The zero-order chi connectivity index (χ0) is 57.1. The summed E-state index contributed by atoms with van der Waals surface area (Å²) in [5, 5.41) is 23.1. The minimum Gasteiger partial charge on any atom is -0.466 e. The van der Waals surface area contributed by atoms with Crippen molar-refractivity contribution in [2.75, 3.05) is 13.2 Å². The summed E-state index contributed by atoms with van der Waals surface area (Å²) < 4.78 is 5.48. The van der Waals surface area contributed by atoms with Gasteiger partial charge in [-0.3, -0.25) is 9.59 Å². The van der Waals surface area contributed by atoms with Crippen molar-refractivity contribution in [3.63, 3.8) is 0 Å². The summed E-state index contributed by atoms with van der Waals surface area (Å²) in [6.07, 6.45) is 88.2. The second kappa shape index (κ2) is 68.6. The first kappa shape index (κ1) is 77.1. The molecule has 1 amide bonds. The van der Waals surface area contributed by atoms with Crippen LogP contribution < -0.4 is 5.32 Å². The van der Waals surface area contributed by atoms with E-state index in [1.165, 1.54) is 321 Å². The van der Waals surface area contributed by atoms with Crippen LogP contribution in [0.25, 0.3) is 0 Å². The standard InChI is InChI=1S/C73H139NO5/c1-3-5-7-9-11-13-15-42-47-51-55-59-63-67-73(78)79-68-64-60-56-52-48-44-41-39-37-35-33-31-29-27-25-23-21-19-17-18-20-22-24-26-28-30-32-34-36-38-40-43-46-50-54-58-62-66-72(77)74-70(69-75)71(76)65-61-57-53-49-45-16-14-12-10-8-6-4-2/h13,15,17,19,61,65,70-71,75-76H,3-12,14,16,18,20-60,62-64,66-69H2,1-2H3,(H,74,77)/b15-13-,19-17-,65-61+. The summed E-state index contributed by atoms with van der Waals surface area (Å²) in [6, 6.07) is -0.624. The van der Waals surface area contributed by atoms with Gasteiger partial charge in [0.25, 0.3) is 0 Å². The highest BCUT2D eigenvalue weighted by Gasteiger charge is 2.18. The molecule has 2 unspecified atom stereocenters. The monoisotopic (exact) mass is 1110 g/mol. The van der Waals surface area contributed by atoms with Gasteiger partial charge in [-0.2, -0.15) is 0 Å². The minimum atomic E-state index is -0.840. The zero-order valence-corrected chi connectivity index (χ0v) is 53.4. The Morgan fingerprint density at radius 3 is 0.911 bits per heavy atom. The van der Waals surface area contributed by atoms with E-state index in [1.807, 2.05) is 6.08 Å². The minimum absolute atomic E-state index is 0.0121. The summed E-state index contributed by atoms with van der Waals surface area (Å²) in [5.74, 6) is -0.0511. The Hall–Kier alpha value is -1.92. The van der Waals surface area contributed by atoms with Gasteiger partial charge in [0.15, 0.2) is 0 Å². The van der Waals surface area contributed by atoms with Crippen LogP contribution in [0.15, 0.2) is 36.5 Å². The quantitative estimate of drug-likeness (QED) is 0.0320. The second-order valence-corrected chi connectivity index (χ2v) is 24.6. The Balaban J connectivity index is 3.33. The van der Waals surface area contributed by atoms with Gasteiger partial charge in [-0.25, -0.2) is 0 Å². The number of esters is 1. The van der Waals surface area contributed by atoms with Crippen molar-refractivity contribution in [1.82, 2.24) is 5.32 Å². The van der Waals surface area contributed by atoms with Crippen LogP contribution in [-0.4, -0.2) is 47.4 Å². The third-order valence-electron chi connectivity index (χ3n) is 16.6. The van der Waals surface area contributed by atoms with Crippen LogP contribution in [0.3, 0.4) is 0 Å². The molecule has 0 aromatic carbocycles. The molecule has 0 heterocycles. The van der Waals surface area contributed by atoms with Gasteiger partial charge in [0.2, 0.25) is 5.91 Å². The van der Waals surface area contributed by atoms with Crippen molar-refractivity contribution in [1.29, 1.82) is 0 Å². The summed E-state index contributed by atoms with van der Waals surface area (Å²) in [6.45, 7) is 4.90. The molecule has 0 aromatic rings. The van der Waals surface area contributed by atoms with Crippen LogP contribution in [0.1, 0.15) is 393 Å². The maximum Gasteiger partial charge on any atom is 0.305 e. The van der Waals surface area contributed by atoms with Crippen molar-refractivity contribution in [2.45, 2.75) is 405 Å². The van der Waals surface area contributed by atoms with E-state index < -0.39 is 12.1 Å². The van der Waals surface area contributed by atoms with E-state index in [2.05, 4.69) is 43.5 Å². The van der Waals surface area contributed by atoms with Crippen LogP contribution in [-0.2, 0) is 14.3 Å². The predicted octanol–water partition coefficient (Wildman–Crippen LogP) is 23.1. The first-order valence-corrected chi connectivity index (χ1v) is 35.8. The first-order chi connectivity index (χ1) is 39.0. The lowest BCUT2D eigenvalue weighted by Crippen LogP contribution is -2.45. The fourth-order valence-electron chi connectivity index (χ4n) is 11.2. The fourth-order valence-corrected chi connectivity index (χ4v) is 11.2. The molecule has 79 heavy (non-hydrogen) atoms. The molecule has 0 aliphatic rings. The maximum absolute atomic E-state index is 12.5. The molecule has 0 rings (SSSR count). The van der Waals surface area contributed by atoms with Crippen LogP contribution in [0.2, 0.25) is 0 Å². The van der Waals surface area contributed by atoms with E-state index in [0.717, 1.165) is 44.9 Å². The molecule has 0 aromatic heterocycles. The number of carbonyl (C=O) groups is 2. The smallest absolute Gasteiger partial charge is 0.305 e. The van der Waals surface area contributed by atoms with Crippen molar-refractivity contribution in [3.05, 3.63) is 36.5 Å². The summed E-state index contributed by atoms with van der Waals surface area (Å²) >= 11 is 0. The molecule has 3 N–H and O–H groups in total. The van der Waals surface area contributed by atoms with Gasteiger partial charge >= 0.3 is 5.97 Å². The van der Waals surface area contributed by atoms with Gasteiger partial charge in [-0.15, -0.1) is 0 Å². The number of aliphatic hydroxyl groups excluding tert-OH is 2. The van der Waals surface area contributed by atoms with Gasteiger partial charge in [-0.1, -0.05) is 333 Å². The number of carbonyl (C=O) groups excluding carboxylic acids is 2. The third kappa shape index (κ3) is 65.1. The van der Waals surface area contributed by atoms with Crippen molar-refractivity contribution >= 4 is 11.9 Å². The summed E-state index contributed by atoms with van der Waals surface area (Å²) in [5.41, 5.74) is 0. The van der Waals surface area contributed by atoms with Gasteiger partial charge in [-0.05, 0) is 83.5 Å². The highest BCUT2D eigenvalue weighted by Crippen LogP contribution is 2.18. The highest BCUT2D eigenvalue weighted by atomic mass is 16.5. The number of unbranched alkanes of at least 4 members (excludes halogenated alkanes) is 52. The number of hydrogen-bond acceptors (Lipinski definition) is 5. The van der Waals surface area contributed by atoms with Crippen molar-refractivity contribution in [3.8, 4) is 0 Å². The molecule has 6 heteroatoms. The van der Waals surface area contributed by atoms with Gasteiger partial charge < -0.3 is 20.3 Å².